The molecule has 0 atom stereocenters. The van der Waals surface area contributed by atoms with Gasteiger partial charge in [-0.05, 0) is 48.5 Å². The van der Waals surface area contributed by atoms with Crippen molar-refractivity contribution in [3.05, 3.63) is 76.0 Å². The van der Waals surface area contributed by atoms with E-state index in [9.17, 15) is 9.65 Å². The molecule has 0 radical (unpaired) electrons. The highest BCUT2D eigenvalue weighted by molar-refractivity contribution is 6.42. The Hall–Kier alpha value is -2.61. The molecule has 0 aliphatic heterocycles. The van der Waals surface area contributed by atoms with Gasteiger partial charge in [0, 0.05) is 5.56 Å². The minimum Gasteiger partial charge on any atom is -0.438 e. The maximum atomic E-state index is 13.0. The highest BCUT2D eigenvalue weighted by atomic mass is 35.5. The third kappa shape index (κ3) is 3.48. The lowest BCUT2D eigenvalue weighted by Gasteiger charge is -2.09. The van der Waals surface area contributed by atoms with Gasteiger partial charge in [-0.1, -0.05) is 29.3 Å². The van der Waals surface area contributed by atoms with Crippen LogP contribution in [0.15, 0.2) is 54.6 Å². The Morgan fingerprint density at radius 3 is 2.38 bits per heavy atom. The molecule has 1 heterocycles. The topological polar surface area (TPSA) is 45.9 Å². The Kier molecular flexibility index (Phi) is 4.66. The summed E-state index contributed by atoms with van der Waals surface area (Å²) in [6.07, 6.45) is 0. The van der Waals surface area contributed by atoms with E-state index in [0.29, 0.717) is 21.5 Å². The zero-order valence-electron chi connectivity index (χ0n) is 12.1. The predicted octanol–water partition coefficient (Wildman–Crippen LogP) is 5.86. The van der Waals surface area contributed by atoms with Crippen molar-refractivity contribution < 1.29 is 9.13 Å². The molecule has 0 spiro atoms. The molecule has 0 N–H and O–H groups in total. The Morgan fingerprint density at radius 1 is 0.958 bits per heavy atom. The zero-order chi connectivity index (χ0) is 17.1. The van der Waals surface area contributed by atoms with Crippen molar-refractivity contribution in [1.82, 2.24) is 4.98 Å². The van der Waals surface area contributed by atoms with E-state index in [-0.39, 0.29) is 17.3 Å². The second-order valence-corrected chi connectivity index (χ2v) is 5.66. The first-order valence-electron chi connectivity index (χ1n) is 6.87. The third-order valence-electron chi connectivity index (χ3n) is 3.22. The number of ether oxygens (including phenoxy) is 1. The molecule has 2 aromatic carbocycles. The quantitative estimate of drug-likeness (QED) is 0.589. The van der Waals surface area contributed by atoms with Crippen molar-refractivity contribution >= 4 is 23.2 Å². The van der Waals surface area contributed by atoms with Crippen LogP contribution in [0.3, 0.4) is 0 Å². The number of pyridine rings is 1. The summed E-state index contributed by atoms with van der Waals surface area (Å²) in [6.45, 7) is 0. The molecule has 1 aromatic heterocycles. The fourth-order valence-corrected chi connectivity index (χ4v) is 2.33. The molecule has 0 fully saturated rings. The summed E-state index contributed by atoms with van der Waals surface area (Å²) in [7, 11) is 0. The molecule has 0 aliphatic rings. The summed E-state index contributed by atoms with van der Waals surface area (Å²) in [5.41, 5.74) is 1.57. The van der Waals surface area contributed by atoms with Gasteiger partial charge in [-0.2, -0.15) is 5.26 Å². The molecule has 0 aliphatic carbocycles. The molecule has 0 saturated carbocycles. The van der Waals surface area contributed by atoms with Gasteiger partial charge in [0.25, 0.3) is 0 Å². The summed E-state index contributed by atoms with van der Waals surface area (Å²) in [6, 6.07) is 15.9. The molecular formula is C18H9Cl2FN2O. The van der Waals surface area contributed by atoms with Crippen LogP contribution in [0.4, 0.5) is 4.39 Å². The molecule has 6 heteroatoms. The van der Waals surface area contributed by atoms with Gasteiger partial charge in [0.05, 0.1) is 15.7 Å². The van der Waals surface area contributed by atoms with Crippen LogP contribution >= 0.6 is 23.2 Å². The average molecular weight is 359 g/mol. The van der Waals surface area contributed by atoms with Crippen molar-refractivity contribution in [3.63, 3.8) is 0 Å². The van der Waals surface area contributed by atoms with Gasteiger partial charge in [-0.3, -0.25) is 0 Å². The second-order valence-electron chi connectivity index (χ2n) is 4.85. The first-order valence-corrected chi connectivity index (χ1v) is 7.62. The van der Waals surface area contributed by atoms with Crippen LogP contribution in [-0.4, -0.2) is 4.98 Å². The number of hydrogen-bond acceptors (Lipinski definition) is 3. The number of aromatic nitrogens is 1. The maximum absolute atomic E-state index is 13.0. The number of hydrogen-bond donors (Lipinski definition) is 0. The predicted molar refractivity (Wildman–Crippen MR) is 90.9 cm³/mol. The Morgan fingerprint density at radius 2 is 1.71 bits per heavy atom. The molecule has 0 amide bonds. The van der Waals surface area contributed by atoms with Crippen molar-refractivity contribution in [1.29, 1.82) is 5.26 Å². The Balaban J connectivity index is 2.00. The summed E-state index contributed by atoms with van der Waals surface area (Å²) in [5.74, 6) is 0.139. The zero-order valence-corrected chi connectivity index (χ0v) is 13.6. The number of benzene rings is 2. The van der Waals surface area contributed by atoms with E-state index >= 15 is 0 Å². The van der Waals surface area contributed by atoms with Gasteiger partial charge >= 0.3 is 0 Å². The second kappa shape index (κ2) is 6.88. The van der Waals surface area contributed by atoms with Crippen LogP contribution in [0.25, 0.3) is 11.3 Å². The lowest BCUT2D eigenvalue weighted by atomic mass is 10.1. The molecule has 24 heavy (non-hydrogen) atoms. The largest absolute Gasteiger partial charge is 0.438 e. The first kappa shape index (κ1) is 16.3. The standard InChI is InChI=1S/C18H9Cl2FN2O/c19-15-7-1-11(9-16(15)20)17-8-2-12(10-22)18(23-17)24-14-5-3-13(21)4-6-14/h1-9H. The van der Waals surface area contributed by atoms with Crippen LogP contribution in [-0.2, 0) is 0 Å². The van der Waals surface area contributed by atoms with E-state index in [1.54, 1.807) is 30.3 Å². The minimum absolute atomic E-state index is 0.132. The highest BCUT2D eigenvalue weighted by Gasteiger charge is 2.11. The van der Waals surface area contributed by atoms with Crippen LogP contribution in [0.1, 0.15) is 5.56 Å². The SMILES string of the molecule is N#Cc1ccc(-c2ccc(Cl)c(Cl)c2)nc1Oc1ccc(F)cc1. The average Bonchev–Trinajstić information content (AvgIpc) is 2.59. The van der Waals surface area contributed by atoms with E-state index in [1.165, 1.54) is 24.3 Å². The Labute approximate surface area is 147 Å². The minimum atomic E-state index is -0.375. The molecule has 3 aromatic rings. The summed E-state index contributed by atoms with van der Waals surface area (Å²) >= 11 is 11.9. The molecule has 0 unspecified atom stereocenters. The molecule has 0 saturated heterocycles. The fraction of sp³-hybridized carbons (Fsp3) is 0. The van der Waals surface area contributed by atoms with Crippen molar-refractivity contribution in [3.8, 4) is 29.0 Å². The van der Waals surface area contributed by atoms with Gasteiger partial charge in [0.1, 0.15) is 23.2 Å². The van der Waals surface area contributed by atoms with E-state index < -0.39 is 0 Å². The molecule has 3 nitrogen and oxygen atoms in total. The summed E-state index contributed by atoms with van der Waals surface area (Å²) < 4.78 is 18.6. The van der Waals surface area contributed by atoms with Crippen LogP contribution in [0, 0.1) is 17.1 Å². The van der Waals surface area contributed by atoms with Crippen LogP contribution in [0.2, 0.25) is 10.0 Å². The molecule has 0 bridgehead atoms. The van der Waals surface area contributed by atoms with E-state index in [2.05, 4.69) is 4.98 Å². The van der Waals surface area contributed by atoms with Gasteiger partial charge in [-0.15, -0.1) is 0 Å². The Bertz CT molecular complexity index is 937. The van der Waals surface area contributed by atoms with E-state index in [0.717, 1.165) is 5.56 Å². The molecule has 3 rings (SSSR count). The number of nitrogens with zero attached hydrogens (tertiary/aromatic N) is 2. The van der Waals surface area contributed by atoms with E-state index in [1.807, 2.05) is 6.07 Å². The number of rotatable bonds is 3. The molecular weight excluding hydrogens is 350 g/mol. The lowest BCUT2D eigenvalue weighted by Crippen LogP contribution is -1.94. The van der Waals surface area contributed by atoms with Gasteiger partial charge in [-0.25, -0.2) is 9.37 Å². The third-order valence-corrected chi connectivity index (χ3v) is 3.96. The number of nitriles is 1. The first-order chi connectivity index (χ1) is 11.6. The van der Waals surface area contributed by atoms with Gasteiger partial charge in [0.2, 0.25) is 5.88 Å². The van der Waals surface area contributed by atoms with E-state index in [4.69, 9.17) is 27.9 Å². The number of halogens is 3. The van der Waals surface area contributed by atoms with Crippen LogP contribution < -0.4 is 4.74 Å². The lowest BCUT2D eigenvalue weighted by molar-refractivity contribution is 0.460. The highest BCUT2D eigenvalue weighted by Crippen LogP contribution is 2.30. The van der Waals surface area contributed by atoms with Crippen molar-refractivity contribution in [2.45, 2.75) is 0 Å². The normalized spacial score (nSPS) is 10.2. The van der Waals surface area contributed by atoms with Gasteiger partial charge in [0.15, 0.2) is 0 Å². The summed E-state index contributed by atoms with van der Waals surface area (Å²) in [4.78, 5) is 4.36. The monoisotopic (exact) mass is 358 g/mol. The maximum Gasteiger partial charge on any atom is 0.237 e. The smallest absolute Gasteiger partial charge is 0.237 e. The van der Waals surface area contributed by atoms with Crippen molar-refractivity contribution in [2.24, 2.45) is 0 Å². The fourth-order valence-electron chi connectivity index (χ4n) is 2.03. The van der Waals surface area contributed by atoms with Gasteiger partial charge < -0.3 is 4.74 Å². The molecule has 118 valence electrons. The van der Waals surface area contributed by atoms with Crippen LogP contribution in [0.5, 0.6) is 11.6 Å². The summed E-state index contributed by atoms with van der Waals surface area (Å²) in [5, 5.41) is 10.1. The van der Waals surface area contributed by atoms with Crippen molar-refractivity contribution in [2.75, 3.05) is 0 Å².